The highest BCUT2D eigenvalue weighted by atomic mass is 32.2. The van der Waals surface area contributed by atoms with Gasteiger partial charge in [0.15, 0.2) is 4.34 Å². The van der Waals surface area contributed by atoms with Crippen LogP contribution in [0, 0.1) is 0 Å². The lowest BCUT2D eigenvalue weighted by Gasteiger charge is -2.10. The molecule has 2 N–H and O–H groups in total. The number of anilines is 3. The van der Waals surface area contributed by atoms with Crippen LogP contribution in [-0.4, -0.2) is 36.0 Å². The standard InChI is InChI=1S/C17H14F2N4O3S3/c18-15(19)29(25,26)13-9-5-4-8-12(13)21-14(24)10-27-17-23-22-16(28-17)20-11-6-2-1-3-7-11/h1-9,15H,10H2,(H,20,22)(H,21,24). The minimum atomic E-state index is -4.83. The average Bonchev–Trinajstić information content (AvgIpc) is 3.15. The van der Waals surface area contributed by atoms with Gasteiger partial charge in [-0.1, -0.05) is 53.4 Å². The molecule has 3 rings (SSSR count). The van der Waals surface area contributed by atoms with Gasteiger partial charge < -0.3 is 10.6 Å². The number of carbonyl (C=O) groups is 1. The number of para-hydroxylation sites is 2. The lowest BCUT2D eigenvalue weighted by atomic mass is 10.3. The highest BCUT2D eigenvalue weighted by Gasteiger charge is 2.29. The summed E-state index contributed by atoms with van der Waals surface area (Å²) < 4.78 is 49.6. The largest absolute Gasteiger partial charge is 0.341 e. The summed E-state index contributed by atoms with van der Waals surface area (Å²) in [5, 5.41) is 13.9. The first-order valence-corrected chi connectivity index (χ1v) is 11.4. The molecule has 0 aliphatic carbocycles. The van der Waals surface area contributed by atoms with E-state index >= 15 is 0 Å². The van der Waals surface area contributed by atoms with E-state index in [0.29, 0.717) is 9.47 Å². The Morgan fingerprint density at radius 1 is 1.07 bits per heavy atom. The molecule has 0 saturated heterocycles. The van der Waals surface area contributed by atoms with Gasteiger partial charge in [0.05, 0.1) is 16.3 Å². The van der Waals surface area contributed by atoms with E-state index in [4.69, 9.17) is 0 Å². The van der Waals surface area contributed by atoms with Gasteiger partial charge in [-0.3, -0.25) is 4.79 Å². The van der Waals surface area contributed by atoms with Gasteiger partial charge in [0, 0.05) is 5.69 Å². The van der Waals surface area contributed by atoms with E-state index < -0.39 is 26.4 Å². The van der Waals surface area contributed by atoms with Crippen molar-refractivity contribution in [3.8, 4) is 0 Å². The molecular weight excluding hydrogens is 442 g/mol. The quantitative estimate of drug-likeness (QED) is 0.494. The predicted molar refractivity (Wildman–Crippen MR) is 109 cm³/mol. The molecule has 12 heteroatoms. The number of halogens is 2. The topological polar surface area (TPSA) is 101 Å². The zero-order valence-electron chi connectivity index (χ0n) is 14.6. The number of thioether (sulfide) groups is 1. The second kappa shape index (κ2) is 9.29. The van der Waals surface area contributed by atoms with Gasteiger partial charge in [0.25, 0.3) is 0 Å². The Labute approximate surface area is 173 Å². The summed E-state index contributed by atoms with van der Waals surface area (Å²) in [7, 11) is -4.83. The SMILES string of the molecule is O=C(CSc1nnc(Nc2ccccc2)s1)Nc1ccccc1S(=O)(=O)C(F)F. The maximum absolute atomic E-state index is 12.8. The summed E-state index contributed by atoms with van der Waals surface area (Å²) in [5.74, 6) is -4.23. The number of hydrogen-bond donors (Lipinski definition) is 2. The Bertz CT molecular complexity index is 1090. The predicted octanol–water partition coefficient (Wildman–Crippen LogP) is 4.01. The number of nitrogens with one attached hydrogen (secondary N) is 2. The van der Waals surface area contributed by atoms with Crippen molar-refractivity contribution < 1.29 is 22.0 Å². The Kier molecular flexibility index (Phi) is 6.77. The van der Waals surface area contributed by atoms with Crippen molar-refractivity contribution in [1.82, 2.24) is 10.2 Å². The van der Waals surface area contributed by atoms with E-state index in [2.05, 4.69) is 20.8 Å². The minimum Gasteiger partial charge on any atom is -0.330 e. The number of alkyl halides is 2. The van der Waals surface area contributed by atoms with Gasteiger partial charge in [-0.05, 0) is 24.3 Å². The number of amides is 1. The van der Waals surface area contributed by atoms with E-state index in [0.717, 1.165) is 23.5 Å². The number of benzene rings is 2. The summed E-state index contributed by atoms with van der Waals surface area (Å²) in [5.41, 5.74) is 0.650. The van der Waals surface area contributed by atoms with Crippen molar-refractivity contribution in [1.29, 1.82) is 0 Å². The fraction of sp³-hybridized carbons (Fsp3) is 0.118. The fourth-order valence-electron chi connectivity index (χ4n) is 2.19. The molecule has 0 aliphatic rings. The summed E-state index contributed by atoms with van der Waals surface area (Å²) in [6.07, 6.45) is 0. The maximum Gasteiger partial charge on any atom is 0.341 e. The van der Waals surface area contributed by atoms with Crippen molar-refractivity contribution in [2.24, 2.45) is 0 Å². The van der Waals surface area contributed by atoms with Crippen molar-refractivity contribution in [2.75, 3.05) is 16.4 Å². The number of sulfone groups is 1. The molecule has 0 aliphatic heterocycles. The number of carbonyl (C=O) groups excluding carboxylic acids is 1. The highest BCUT2D eigenvalue weighted by Crippen LogP contribution is 2.29. The van der Waals surface area contributed by atoms with E-state index in [1.165, 1.54) is 29.5 Å². The highest BCUT2D eigenvalue weighted by molar-refractivity contribution is 8.01. The van der Waals surface area contributed by atoms with Crippen LogP contribution in [0.1, 0.15) is 0 Å². The lowest BCUT2D eigenvalue weighted by molar-refractivity contribution is -0.113. The van der Waals surface area contributed by atoms with Crippen LogP contribution in [-0.2, 0) is 14.6 Å². The van der Waals surface area contributed by atoms with Crippen LogP contribution in [0.2, 0.25) is 0 Å². The zero-order valence-corrected chi connectivity index (χ0v) is 17.0. The lowest BCUT2D eigenvalue weighted by Crippen LogP contribution is -2.18. The molecule has 7 nitrogen and oxygen atoms in total. The van der Waals surface area contributed by atoms with Gasteiger partial charge in [-0.2, -0.15) is 8.78 Å². The van der Waals surface area contributed by atoms with Crippen LogP contribution >= 0.6 is 23.1 Å². The van der Waals surface area contributed by atoms with Crippen molar-refractivity contribution >= 4 is 55.3 Å². The first kappa shape index (κ1) is 21.1. The minimum absolute atomic E-state index is 0.0942. The van der Waals surface area contributed by atoms with Gasteiger partial charge in [-0.25, -0.2) is 8.42 Å². The molecule has 1 aromatic heterocycles. The van der Waals surface area contributed by atoms with Crippen LogP contribution in [0.25, 0.3) is 0 Å². The third kappa shape index (κ3) is 5.49. The molecule has 0 fully saturated rings. The number of hydrogen-bond acceptors (Lipinski definition) is 8. The first-order chi connectivity index (χ1) is 13.9. The molecule has 1 amide bonds. The molecule has 0 saturated carbocycles. The van der Waals surface area contributed by atoms with Crippen LogP contribution in [0.5, 0.6) is 0 Å². The molecule has 0 bridgehead atoms. The Morgan fingerprint density at radius 2 is 1.76 bits per heavy atom. The van der Waals surface area contributed by atoms with Gasteiger partial charge >= 0.3 is 5.76 Å². The van der Waals surface area contributed by atoms with Crippen LogP contribution in [0.3, 0.4) is 0 Å². The molecule has 1 heterocycles. The average molecular weight is 457 g/mol. The maximum atomic E-state index is 12.8. The van der Waals surface area contributed by atoms with Crippen molar-refractivity contribution in [3.05, 3.63) is 54.6 Å². The summed E-state index contributed by atoms with van der Waals surface area (Å²) in [6.45, 7) is 0. The Hall–Kier alpha value is -2.57. The molecule has 0 spiro atoms. The molecule has 0 radical (unpaired) electrons. The molecule has 152 valence electrons. The second-order valence-corrected chi connectivity index (χ2v) is 9.59. The van der Waals surface area contributed by atoms with Crippen LogP contribution in [0.4, 0.5) is 25.3 Å². The molecule has 29 heavy (non-hydrogen) atoms. The van der Waals surface area contributed by atoms with Crippen LogP contribution in [0.15, 0.2) is 63.8 Å². The molecule has 0 atom stereocenters. The first-order valence-electron chi connectivity index (χ1n) is 8.05. The van der Waals surface area contributed by atoms with Crippen LogP contribution < -0.4 is 10.6 Å². The molecule has 3 aromatic rings. The monoisotopic (exact) mass is 456 g/mol. The number of rotatable bonds is 8. The molecular formula is C17H14F2N4O3S3. The third-order valence-corrected chi connectivity index (χ3v) is 6.87. The van der Waals surface area contributed by atoms with Crippen molar-refractivity contribution in [2.45, 2.75) is 15.0 Å². The summed E-state index contributed by atoms with van der Waals surface area (Å²) in [4.78, 5) is 11.5. The second-order valence-electron chi connectivity index (χ2n) is 5.50. The van der Waals surface area contributed by atoms with Gasteiger partial charge in [0.1, 0.15) is 0 Å². The van der Waals surface area contributed by atoms with E-state index in [-0.39, 0.29) is 11.4 Å². The molecule has 2 aromatic carbocycles. The summed E-state index contributed by atoms with van der Waals surface area (Å²) >= 11 is 2.34. The van der Waals surface area contributed by atoms with E-state index in [9.17, 15) is 22.0 Å². The normalized spacial score (nSPS) is 11.4. The van der Waals surface area contributed by atoms with E-state index in [1.54, 1.807) is 0 Å². The Balaban J connectivity index is 1.60. The van der Waals surface area contributed by atoms with Crippen molar-refractivity contribution in [3.63, 3.8) is 0 Å². The molecule has 0 unspecified atom stereocenters. The summed E-state index contributed by atoms with van der Waals surface area (Å²) in [6, 6.07) is 14.4. The van der Waals surface area contributed by atoms with Gasteiger partial charge in [0.2, 0.25) is 20.9 Å². The fourth-order valence-corrected chi connectivity index (χ4v) is 4.65. The van der Waals surface area contributed by atoms with E-state index in [1.807, 2.05) is 30.3 Å². The smallest absolute Gasteiger partial charge is 0.330 e. The number of nitrogens with zero attached hydrogens (tertiary/aromatic N) is 2. The number of aromatic nitrogens is 2. The Morgan fingerprint density at radius 3 is 2.48 bits per heavy atom. The van der Waals surface area contributed by atoms with Gasteiger partial charge in [-0.15, -0.1) is 10.2 Å². The zero-order chi connectivity index (χ0) is 20.9. The third-order valence-electron chi connectivity index (χ3n) is 3.46.